The zero-order valence-electron chi connectivity index (χ0n) is 9.46. The maximum absolute atomic E-state index is 10.6. The van der Waals surface area contributed by atoms with Gasteiger partial charge in [-0.15, -0.1) is 11.8 Å². The van der Waals surface area contributed by atoms with Crippen molar-refractivity contribution >= 4 is 5.97 Å². The molecule has 0 spiro atoms. The fourth-order valence-electron chi connectivity index (χ4n) is 1.30. The predicted molar refractivity (Wildman–Crippen MR) is 60.2 cm³/mol. The van der Waals surface area contributed by atoms with Crippen LogP contribution in [-0.2, 0) is 6.54 Å². The van der Waals surface area contributed by atoms with E-state index in [2.05, 4.69) is 17.2 Å². The van der Waals surface area contributed by atoms with Gasteiger partial charge in [0.1, 0.15) is 5.76 Å². The number of carbonyl (C=O) groups is 1. The van der Waals surface area contributed by atoms with Gasteiger partial charge in [0, 0.05) is 25.1 Å². The van der Waals surface area contributed by atoms with Gasteiger partial charge in [-0.2, -0.15) is 0 Å². The van der Waals surface area contributed by atoms with Crippen molar-refractivity contribution in [2.45, 2.75) is 26.8 Å². The van der Waals surface area contributed by atoms with E-state index in [4.69, 9.17) is 9.52 Å². The van der Waals surface area contributed by atoms with Gasteiger partial charge in [-0.05, 0) is 19.9 Å². The Morgan fingerprint density at radius 2 is 2.38 bits per heavy atom. The number of hydrogen-bond donors (Lipinski definition) is 2. The Bertz CT molecular complexity index is 423. The highest BCUT2D eigenvalue weighted by Gasteiger charge is 2.12. The van der Waals surface area contributed by atoms with Gasteiger partial charge in [-0.3, -0.25) is 0 Å². The first-order valence-electron chi connectivity index (χ1n) is 5.08. The van der Waals surface area contributed by atoms with Crippen LogP contribution in [0.25, 0.3) is 0 Å². The molecule has 1 aromatic rings. The molecule has 4 nitrogen and oxygen atoms in total. The predicted octanol–water partition coefficient (Wildman–Crippen LogP) is 1.79. The van der Waals surface area contributed by atoms with Crippen LogP contribution in [0.4, 0.5) is 0 Å². The number of carboxylic acids is 1. The number of rotatable bonds is 5. The van der Waals surface area contributed by atoms with Gasteiger partial charge in [0.25, 0.3) is 0 Å². The molecule has 0 atom stereocenters. The van der Waals surface area contributed by atoms with Crippen molar-refractivity contribution in [3.05, 3.63) is 23.2 Å². The van der Waals surface area contributed by atoms with Crippen LogP contribution < -0.4 is 5.32 Å². The third-order valence-corrected chi connectivity index (χ3v) is 2.15. The second kappa shape index (κ2) is 5.99. The fourth-order valence-corrected chi connectivity index (χ4v) is 1.30. The molecule has 0 aromatic carbocycles. The van der Waals surface area contributed by atoms with E-state index < -0.39 is 5.97 Å². The molecule has 1 rings (SSSR count). The van der Waals surface area contributed by atoms with Gasteiger partial charge in [0.2, 0.25) is 5.76 Å². The smallest absolute Gasteiger partial charge is 0.371 e. The largest absolute Gasteiger partial charge is 0.475 e. The van der Waals surface area contributed by atoms with Crippen molar-refractivity contribution in [1.82, 2.24) is 5.32 Å². The van der Waals surface area contributed by atoms with Gasteiger partial charge in [0.05, 0.1) is 0 Å². The Balaban J connectivity index is 2.46. The SMILES string of the molecule is CC#CCCNCc1cc(C(=O)O)oc1C. The van der Waals surface area contributed by atoms with E-state index in [1.165, 1.54) is 0 Å². The van der Waals surface area contributed by atoms with Crippen LogP contribution in [0.3, 0.4) is 0 Å². The van der Waals surface area contributed by atoms with E-state index in [0.29, 0.717) is 12.3 Å². The maximum atomic E-state index is 10.6. The Hall–Kier alpha value is -1.73. The lowest BCUT2D eigenvalue weighted by atomic mass is 10.2. The number of furan rings is 1. The van der Waals surface area contributed by atoms with Gasteiger partial charge >= 0.3 is 5.97 Å². The number of aromatic carboxylic acids is 1. The molecule has 0 unspecified atom stereocenters. The topological polar surface area (TPSA) is 62.5 Å². The van der Waals surface area contributed by atoms with Crippen LogP contribution >= 0.6 is 0 Å². The highest BCUT2D eigenvalue weighted by molar-refractivity contribution is 5.84. The van der Waals surface area contributed by atoms with Gasteiger partial charge < -0.3 is 14.8 Å². The molecular formula is C12H15NO3. The molecule has 0 aliphatic carbocycles. The lowest BCUT2D eigenvalue weighted by Crippen LogP contribution is -2.14. The highest BCUT2D eigenvalue weighted by atomic mass is 16.4. The van der Waals surface area contributed by atoms with E-state index >= 15 is 0 Å². The van der Waals surface area contributed by atoms with E-state index in [9.17, 15) is 4.79 Å². The fraction of sp³-hybridized carbons (Fsp3) is 0.417. The summed E-state index contributed by atoms with van der Waals surface area (Å²) in [5.41, 5.74) is 0.877. The molecule has 0 saturated heterocycles. The van der Waals surface area contributed by atoms with E-state index in [0.717, 1.165) is 18.5 Å². The minimum atomic E-state index is -1.04. The van der Waals surface area contributed by atoms with E-state index in [1.807, 2.05) is 0 Å². The quantitative estimate of drug-likeness (QED) is 0.587. The van der Waals surface area contributed by atoms with Gasteiger partial charge in [-0.25, -0.2) is 4.79 Å². The first kappa shape index (κ1) is 12.3. The van der Waals surface area contributed by atoms with Crippen LogP contribution in [0.15, 0.2) is 10.5 Å². The standard InChI is InChI=1S/C12H15NO3/c1-3-4-5-6-13-8-10-7-11(12(14)15)16-9(10)2/h7,13H,5-6,8H2,1-2H3,(H,14,15). The Kier molecular flexibility index (Phi) is 4.62. The van der Waals surface area contributed by atoms with Crippen LogP contribution in [0.2, 0.25) is 0 Å². The molecule has 0 amide bonds. The zero-order valence-corrected chi connectivity index (χ0v) is 9.46. The van der Waals surface area contributed by atoms with Crippen LogP contribution in [-0.4, -0.2) is 17.6 Å². The Morgan fingerprint density at radius 3 is 2.94 bits per heavy atom. The van der Waals surface area contributed by atoms with Crippen molar-refractivity contribution in [3.63, 3.8) is 0 Å². The van der Waals surface area contributed by atoms with Crippen molar-refractivity contribution in [3.8, 4) is 11.8 Å². The van der Waals surface area contributed by atoms with Crippen molar-refractivity contribution in [2.75, 3.05) is 6.54 Å². The van der Waals surface area contributed by atoms with Crippen LogP contribution in [0.1, 0.15) is 35.2 Å². The first-order valence-corrected chi connectivity index (χ1v) is 5.08. The number of hydrogen-bond acceptors (Lipinski definition) is 3. The number of nitrogens with one attached hydrogen (secondary N) is 1. The summed E-state index contributed by atoms with van der Waals surface area (Å²) in [4.78, 5) is 10.6. The molecule has 1 heterocycles. The maximum Gasteiger partial charge on any atom is 0.371 e. The summed E-state index contributed by atoms with van der Waals surface area (Å²) in [7, 11) is 0. The lowest BCUT2D eigenvalue weighted by molar-refractivity contribution is 0.0661. The number of carboxylic acid groups (broad SMARTS) is 1. The average molecular weight is 221 g/mol. The summed E-state index contributed by atoms with van der Waals surface area (Å²) < 4.78 is 5.09. The van der Waals surface area contributed by atoms with Gasteiger partial charge in [0.15, 0.2) is 0 Å². The minimum absolute atomic E-state index is 0.0114. The molecule has 0 aliphatic rings. The molecule has 0 fully saturated rings. The molecule has 4 heteroatoms. The normalized spacial score (nSPS) is 9.62. The molecular weight excluding hydrogens is 206 g/mol. The second-order valence-electron chi connectivity index (χ2n) is 3.35. The second-order valence-corrected chi connectivity index (χ2v) is 3.35. The molecule has 86 valence electrons. The lowest BCUT2D eigenvalue weighted by Gasteiger charge is -1.99. The molecule has 0 saturated carbocycles. The average Bonchev–Trinajstić information content (AvgIpc) is 2.60. The summed E-state index contributed by atoms with van der Waals surface area (Å²) in [6.45, 7) is 4.95. The summed E-state index contributed by atoms with van der Waals surface area (Å²) >= 11 is 0. The molecule has 0 aliphatic heterocycles. The van der Waals surface area contributed by atoms with Crippen LogP contribution in [0.5, 0.6) is 0 Å². The Labute approximate surface area is 94.7 Å². The third-order valence-electron chi connectivity index (χ3n) is 2.15. The minimum Gasteiger partial charge on any atom is -0.475 e. The zero-order chi connectivity index (χ0) is 12.0. The first-order chi connectivity index (χ1) is 7.65. The van der Waals surface area contributed by atoms with E-state index in [1.54, 1.807) is 19.9 Å². The summed E-state index contributed by atoms with van der Waals surface area (Å²) in [6.07, 6.45) is 0.791. The van der Waals surface area contributed by atoms with Crippen LogP contribution in [0, 0.1) is 18.8 Å². The molecule has 2 N–H and O–H groups in total. The molecule has 0 bridgehead atoms. The monoisotopic (exact) mass is 221 g/mol. The highest BCUT2D eigenvalue weighted by Crippen LogP contribution is 2.14. The van der Waals surface area contributed by atoms with E-state index in [-0.39, 0.29) is 5.76 Å². The Morgan fingerprint density at radius 1 is 1.62 bits per heavy atom. The van der Waals surface area contributed by atoms with Crippen molar-refractivity contribution < 1.29 is 14.3 Å². The van der Waals surface area contributed by atoms with Crippen molar-refractivity contribution in [2.24, 2.45) is 0 Å². The number of aryl methyl sites for hydroxylation is 1. The molecule has 1 aromatic heterocycles. The molecule has 0 radical (unpaired) electrons. The third kappa shape index (κ3) is 3.44. The summed E-state index contributed by atoms with van der Waals surface area (Å²) in [5, 5.41) is 11.9. The summed E-state index contributed by atoms with van der Waals surface area (Å²) in [5.74, 6) is 5.35. The molecule has 16 heavy (non-hydrogen) atoms. The summed E-state index contributed by atoms with van der Waals surface area (Å²) in [6, 6.07) is 1.55. The van der Waals surface area contributed by atoms with Crippen molar-refractivity contribution in [1.29, 1.82) is 0 Å². The van der Waals surface area contributed by atoms with Gasteiger partial charge in [-0.1, -0.05) is 0 Å².